The summed E-state index contributed by atoms with van der Waals surface area (Å²) in [5.74, 6) is 1.74. The normalized spacial score (nSPS) is 11.4. The third-order valence-electron chi connectivity index (χ3n) is 2.09. The van der Waals surface area contributed by atoms with E-state index >= 15 is 0 Å². The van der Waals surface area contributed by atoms with Gasteiger partial charge >= 0.3 is 0 Å². The fourth-order valence-electron chi connectivity index (χ4n) is 1.59. The highest BCUT2D eigenvalue weighted by atomic mass is 16.3. The molecule has 0 aromatic heterocycles. The largest absolute Gasteiger partial charge is 0.512 e. The lowest BCUT2D eigenvalue weighted by Gasteiger charge is -2.19. The Kier molecular flexibility index (Phi) is 4.36. The maximum Gasteiger partial charge on any atom is 0.0945 e. The van der Waals surface area contributed by atoms with Crippen LogP contribution in [0.2, 0.25) is 0 Å². The minimum atomic E-state index is 0.254. The molecule has 0 rings (SSSR count). The molecule has 1 N–H and O–H groups in total. The Hall–Kier alpha value is -0.460. The zero-order valence-corrected chi connectivity index (χ0v) is 9.18. The standard InChI is InChI=1S/C11H22O/c1-7(2)10(8(3)4)11(12)9(5)6/h7-9,12H,1-6H3. The molecular weight excluding hydrogens is 148 g/mol. The second-order valence-corrected chi connectivity index (χ2v) is 4.30. The molecule has 0 aliphatic heterocycles. The molecule has 1 heteroatoms. The molecule has 0 unspecified atom stereocenters. The average Bonchev–Trinajstić information content (AvgIpc) is 1.85. The lowest BCUT2D eigenvalue weighted by molar-refractivity contribution is 0.327. The van der Waals surface area contributed by atoms with Crippen molar-refractivity contribution in [2.24, 2.45) is 17.8 Å². The average molecular weight is 170 g/mol. The molecule has 0 heterocycles. The van der Waals surface area contributed by atoms with Crippen molar-refractivity contribution in [3.63, 3.8) is 0 Å². The Bertz CT molecular complexity index is 154. The minimum Gasteiger partial charge on any atom is -0.512 e. The van der Waals surface area contributed by atoms with Crippen LogP contribution in [-0.4, -0.2) is 5.11 Å². The van der Waals surface area contributed by atoms with Gasteiger partial charge in [-0.05, 0) is 17.4 Å². The van der Waals surface area contributed by atoms with Crippen molar-refractivity contribution >= 4 is 0 Å². The van der Waals surface area contributed by atoms with Crippen LogP contribution < -0.4 is 0 Å². The van der Waals surface area contributed by atoms with E-state index in [-0.39, 0.29) is 5.92 Å². The summed E-state index contributed by atoms with van der Waals surface area (Å²) >= 11 is 0. The van der Waals surface area contributed by atoms with Crippen LogP contribution >= 0.6 is 0 Å². The van der Waals surface area contributed by atoms with E-state index in [0.29, 0.717) is 17.6 Å². The maximum absolute atomic E-state index is 9.81. The van der Waals surface area contributed by atoms with Crippen molar-refractivity contribution in [3.8, 4) is 0 Å². The molecule has 0 aromatic carbocycles. The van der Waals surface area contributed by atoms with Crippen LogP contribution in [0.4, 0.5) is 0 Å². The fourth-order valence-corrected chi connectivity index (χ4v) is 1.59. The fraction of sp³-hybridized carbons (Fsp3) is 0.818. The number of hydrogen-bond acceptors (Lipinski definition) is 1. The lowest BCUT2D eigenvalue weighted by Crippen LogP contribution is -2.09. The second-order valence-electron chi connectivity index (χ2n) is 4.30. The third-order valence-corrected chi connectivity index (χ3v) is 2.09. The van der Waals surface area contributed by atoms with Crippen LogP contribution in [0.1, 0.15) is 41.5 Å². The van der Waals surface area contributed by atoms with Crippen LogP contribution in [0.25, 0.3) is 0 Å². The topological polar surface area (TPSA) is 20.2 Å². The summed E-state index contributed by atoms with van der Waals surface area (Å²) in [6.07, 6.45) is 0. The van der Waals surface area contributed by atoms with Crippen molar-refractivity contribution in [2.75, 3.05) is 0 Å². The summed E-state index contributed by atoms with van der Waals surface area (Å²) in [6, 6.07) is 0. The van der Waals surface area contributed by atoms with E-state index in [9.17, 15) is 5.11 Å². The Balaban J connectivity index is 4.81. The molecule has 0 atom stereocenters. The van der Waals surface area contributed by atoms with E-state index in [4.69, 9.17) is 0 Å². The number of rotatable bonds is 3. The van der Waals surface area contributed by atoms with E-state index in [1.165, 1.54) is 5.57 Å². The zero-order valence-electron chi connectivity index (χ0n) is 9.18. The molecule has 0 fully saturated rings. The van der Waals surface area contributed by atoms with E-state index < -0.39 is 0 Å². The van der Waals surface area contributed by atoms with Gasteiger partial charge in [-0.25, -0.2) is 0 Å². The first kappa shape index (κ1) is 11.5. The predicted octanol–water partition coefficient (Wildman–Crippen LogP) is 3.77. The molecular formula is C11H22O. The van der Waals surface area contributed by atoms with Crippen LogP contribution in [0, 0.1) is 17.8 Å². The van der Waals surface area contributed by atoms with Crippen LogP contribution in [0.15, 0.2) is 11.3 Å². The number of hydrogen-bond donors (Lipinski definition) is 1. The van der Waals surface area contributed by atoms with Gasteiger partial charge in [0.2, 0.25) is 0 Å². The highest BCUT2D eigenvalue weighted by Gasteiger charge is 2.15. The van der Waals surface area contributed by atoms with Gasteiger partial charge in [-0.15, -0.1) is 0 Å². The molecule has 12 heavy (non-hydrogen) atoms. The number of aliphatic hydroxyl groups is 1. The molecule has 0 aliphatic rings. The molecule has 0 bridgehead atoms. The SMILES string of the molecule is CC(C)C(O)=C(C(C)C)C(C)C. The first-order chi connectivity index (χ1) is 5.37. The molecule has 0 saturated heterocycles. The van der Waals surface area contributed by atoms with E-state index in [1.54, 1.807) is 0 Å². The van der Waals surface area contributed by atoms with Crippen LogP contribution in [-0.2, 0) is 0 Å². The molecule has 0 aromatic rings. The van der Waals surface area contributed by atoms with Gasteiger partial charge in [-0.3, -0.25) is 0 Å². The van der Waals surface area contributed by atoms with E-state index in [1.807, 2.05) is 13.8 Å². The summed E-state index contributed by atoms with van der Waals surface area (Å²) in [5.41, 5.74) is 1.20. The number of allylic oxidation sites excluding steroid dienone is 2. The van der Waals surface area contributed by atoms with Crippen molar-refractivity contribution < 1.29 is 5.11 Å². The van der Waals surface area contributed by atoms with Crippen LogP contribution in [0.5, 0.6) is 0 Å². The summed E-state index contributed by atoms with van der Waals surface area (Å²) in [7, 11) is 0. The Morgan fingerprint density at radius 1 is 0.750 bits per heavy atom. The molecule has 0 saturated carbocycles. The van der Waals surface area contributed by atoms with Gasteiger partial charge in [0.1, 0.15) is 0 Å². The predicted molar refractivity (Wildman–Crippen MR) is 54.2 cm³/mol. The molecule has 0 spiro atoms. The van der Waals surface area contributed by atoms with Crippen LogP contribution in [0.3, 0.4) is 0 Å². The van der Waals surface area contributed by atoms with Crippen molar-refractivity contribution in [3.05, 3.63) is 11.3 Å². The maximum atomic E-state index is 9.81. The highest BCUT2D eigenvalue weighted by Crippen LogP contribution is 2.25. The first-order valence-corrected chi connectivity index (χ1v) is 4.80. The summed E-state index contributed by atoms with van der Waals surface area (Å²) < 4.78 is 0. The highest BCUT2D eigenvalue weighted by molar-refractivity contribution is 5.13. The minimum absolute atomic E-state index is 0.254. The summed E-state index contributed by atoms with van der Waals surface area (Å²) in [5, 5.41) is 9.81. The lowest BCUT2D eigenvalue weighted by atomic mass is 9.88. The van der Waals surface area contributed by atoms with Gasteiger partial charge in [0, 0.05) is 5.92 Å². The van der Waals surface area contributed by atoms with Crippen molar-refractivity contribution in [2.45, 2.75) is 41.5 Å². The van der Waals surface area contributed by atoms with Crippen molar-refractivity contribution in [1.82, 2.24) is 0 Å². The van der Waals surface area contributed by atoms with Gasteiger partial charge in [-0.1, -0.05) is 41.5 Å². The van der Waals surface area contributed by atoms with E-state index in [2.05, 4.69) is 27.7 Å². The molecule has 0 amide bonds. The van der Waals surface area contributed by atoms with Gasteiger partial charge in [0.05, 0.1) is 5.76 Å². The van der Waals surface area contributed by atoms with E-state index in [0.717, 1.165) is 0 Å². The summed E-state index contributed by atoms with van der Waals surface area (Å²) in [6.45, 7) is 12.6. The Morgan fingerprint density at radius 2 is 1.08 bits per heavy atom. The zero-order chi connectivity index (χ0) is 9.89. The van der Waals surface area contributed by atoms with Gasteiger partial charge in [0.15, 0.2) is 0 Å². The molecule has 72 valence electrons. The monoisotopic (exact) mass is 170 g/mol. The summed E-state index contributed by atoms with van der Waals surface area (Å²) in [4.78, 5) is 0. The van der Waals surface area contributed by atoms with Crippen molar-refractivity contribution in [1.29, 1.82) is 0 Å². The van der Waals surface area contributed by atoms with Gasteiger partial charge in [-0.2, -0.15) is 0 Å². The quantitative estimate of drug-likeness (QED) is 0.639. The first-order valence-electron chi connectivity index (χ1n) is 4.80. The Morgan fingerprint density at radius 3 is 1.17 bits per heavy atom. The number of aliphatic hydroxyl groups excluding tert-OH is 1. The smallest absolute Gasteiger partial charge is 0.0945 e. The second kappa shape index (κ2) is 4.54. The molecule has 1 nitrogen and oxygen atoms in total. The molecule has 0 radical (unpaired) electrons. The Labute approximate surface area is 76.5 Å². The molecule has 0 aliphatic carbocycles. The van der Waals surface area contributed by atoms with Gasteiger partial charge < -0.3 is 5.11 Å². The third kappa shape index (κ3) is 2.88. The van der Waals surface area contributed by atoms with Gasteiger partial charge in [0.25, 0.3) is 0 Å².